The average molecular weight is 311 g/mol. The highest BCUT2D eigenvalue weighted by atomic mass is 32.1. The average Bonchev–Trinajstić information content (AvgIpc) is 2.97. The van der Waals surface area contributed by atoms with Gasteiger partial charge in [0, 0.05) is 17.1 Å². The van der Waals surface area contributed by atoms with Gasteiger partial charge < -0.3 is 9.55 Å². The summed E-state index contributed by atoms with van der Waals surface area (Å²) in [7, 11) is 0. The number of nitrogens with zero attached hydrogens (tertiary/aromatic N) is 2. The molecule has 0 radical (unpaired) electrons. The monoisotopic (exact) mass is 311 g/mol. The standard InChI is InChI=1S/C13H11F2N3S2/c1-2-8-5-16-11(20-8)6-18-10-4-7(14)3-9(15)12(10)17-13(18)19/h3-5H,2,6H2,1H3,(H,17,19). The molecule has 0 fully saturated rings. The second-order valence-corrected chi connectivity index (χ2v) is 5.96. The van der Waals surface area contributed by atoms with Crippen molar-refractivity contribution in [2.45, 2.75) is 19.9 Å². The third-order valence-electron chi connectivity index (χ3n) is 3.05. The smallest absolute Gasteiger partial charge is 0.178 e. The van der Waals surface area contributed by atoms with Crippen molar-refractivity contribution in [3.05, 3.63) is 44.6 Å². The van der Waals surface area contributed by atoms with Gasteiger partial charge in [-0.15, -0.1) is 11.3 Å². The van der Waals surface area contributed by atoms with Crippen LogP contribution in [0.2, 0.25) is 0 Å². The van der Waals surface area contributed by atoms with Crippen molar-refractivity contribution in [2.24, 2.45) is 0 Å². The van der Waals surface area contributed by atoms with E-state index in [1.165, 1.54) is 10.9 Å². The Morgan fingerprint density at radius 3 is 2.90 bits per heavy atom. The van der Waals surface area contributed by atoms with Crippen LogP contribution in [0.5, 0.6) is 0 Å². The molecule has 0 aliphatic rings. The van der Waals surface area contributed by atoms with Crippen LogP contribution in [0.1, 0.15) is 16.8 Å². The number of nitrogens with one attached hydrogen (secondary N) is 1. The first-order valence-electron chi connectivity index (χ1n) is 6.09. The van der Waals surface area contributed by atoms with Crippen molar-refractivity contribution >= 4 is 34.6 Å². The van der Waals surface area contributed by atoms with Crippen LogP contribution in [0.4, 0.5) is 8.78 Å². The number of hydrogen-bond donors (Lipinski definition) is 1. The van der Waals surface area contributed by atoms with E-state index >= 15 is 0 Å². The van der Waals surface area contributed by atoms with Gasteiger partial charge in [0.1, 0.15) is 16.3 Å². The number of aryl methyl sites for hydroxylation is 1. The van der Waals surface area contributed by atoms with Crippen LogP contribution < -0.4 is 0 Å². The molecule has 3 rings (SSSR count). The zero-order chi connectivity index (χ0) is 14.3. The van der Waals surface area contributed by atoms with Gasteiger partial charge in [-0.3, -0.25) is 0 Å². The lowest BCUT2D eigenvalue weighted by Gasteiger charge is -2.02. The first-order chi connectivity index (χ1) is 9.58. The number of aromatic amines is 1. The molecule has 0 spiro atoms. The van der Waals surface area contributed by atoms with Gasteiger partial charge in [-0.2, -0.15) is 0 Å². The summed E-state index contributed by atoms with van der Waals surface area (Å²) in [5.41, 5.74) is 0.643. The molecule has 0 aliphatic heterocycles. The second kappa shape index (κ2) is 5.06. The molecule has 20 heavy (non-hydrogen) atoms. The molecule has 3 aromatic rings. The molecule has 0 bridgehead atoms. The zero-order valence-corrected chi connectivity index (χ0v) is 12.2. The molecule has 0 saturated heterocycles. The van der Waals surface area contributed by atoms with Gasteiger partial charge in [-0.05, 0) is 24.7 Å². The predicted molar refractivity (Wildman–Crippen MR) is 77.6 cm³/mol. The number of rotatable bonds is 3. The van der Waals surface area contributed by atoms with E-state index in [4.69, 9.17) is 12.2 Å². The van der Waals surface area contributed by atoms with Crippen molar-refractivity contribution in [3.8, 4) is 0 Å². The van der Waals surface area contributed by atoms with Crippen molar-refractivity contribution < 1.29 is 8.78 Å². The highest BCUT2D eigenvalue weighted by molar-refractivity contribution is 7.71. The summed E-state index contributed by atoms with van der Waals surface area (Å²) in [6, 6.07) is 2.12. The molecule has 0 unspecified atom stereocenters. The van der Waals surface area contributed by atoms with E-state index < -0.39 is 11.6 Å². The Morgan fingerprint density at radius 2 is 2.20 bits per heavy atom. The Bertz CT molecular complexity index is 832. The van der Waals surface area contributed by atoms with Crippen molar-refractivity contribution in [1.82, 2.24) is 14.5 Å². The predicted octanol–water partition coefficient (Wildman–Crippen LogP) is 4.04. The summed E-state index contributed by atoms with van der Waals surface area (Å²) in [5, 5.41) is 0.864. The lowest BCUT2D eigenvalue weighted by Crippen LogP contribution is -1.99. The number of imidazole rings is 1. The highest BCUT2D eigenvalue weighted by Gasteiger charge is 2.12. The Morgan fingerprint density at radius 1 is 1.40 bits per heavy atom. The topological polar surface area (TPSA) is 33.6 Å². The van der Waals surface area contributed by atoms with Gasteiger partial charge in [0.15, 0.2) is 10.6 Å². The van der Waals surface area contributed by atoms with Gasteiger partial charge in [0.2, 0.25) is 0 Å². The third-order valence-corrected chi connectivity index (χ3v) is 4.49. The van der Waals surface area contributed by atoms with Crippen LogP contribution in [-0.2, 0) is 13.0 Å². The van der Waals surface area contributed by atoms with Crippen LogP contribution in [0.3, 0.4) is 0 Å². The minimum absolute atomic E-state index is 0.226. The molecule has 0 amide bonds. The van der Waals surface area contributed by atoms with Gasteiger partial charge in [0.05, 0.1) is 12.1 Å². The minimum Gasteiger partial charge on any atom is -0.328 e. The maximum atomic E-state index is 13.7. The van der Waals surface area contributed by atoms with E-state index in [9.17, 15) is 8.78 Å². The molecule has 1 aromatic carbocycles. The maximum absolute atomic E-state index is 13.7. The SMILES string of the molecule is CCc1cnc(Cn2c(=S)[nH]c3c(F)cc(F)cc32)s1. The summed E-state index contributed by atoms with van der Waals surface area (Å²) in [6.07, 6.45) is 2.74. The summed E-state index contributed by atoms with van der Waals surface area (Å²) < 4.78 is 29.1. The number of hydrogen-bond acceptors (Lipinski definition) is 3. The molecule has 0 saturated carbocycles. The van der Waals surface area contributed by atoms with Crippen molar-refractivity contribution in [2.75, 3.05) is 0 Å². The number of halogens is 2. The lowest BCUT2D eigenvalue weighted by molar-refractivity contribution is 0.590. The molecule has 1 N–H and O–H groups in total. The van der Waals surface area contributed by atoms with Crippen LogP contribution >= 0.6 is 23.6 Å². The first-order valence-corrected chi connectivity index (χ1v) is 7.32. The van der Waals surface area contributed by atoms with Crippen LogP contribution in [0, 0.1) is 16.4 Å². The number of benzene rings is 1. The summed E-state index contributed by atoms with van der Waals surface area (Å²) in [5.74, 6) is -1.26. The third kappa shape index (κ3) is 2.27. The summed E-state index contributed by atoms with van der Waals surface area (Å²) in [4.78, 5) is 8.25. The highest BCUT2D eigenvalue weighted by Crippen LogP contribution is 2.22. The molecule has 0 aliphatic carbocycles. The Balaban J connectivity index is 2.11. The van der Waals surface area contributed by atoms with Crippen LogP contribution in [0.25, 0.3) is 11.0 Å². The lowest BCUT2D eigenvalue weighted by atomic mass is 10.3. The molecule has 2 heterocycles. The van der Waals surface area contributed by atoms with Crippen molar-refractivity contribution in [1.29, 1.82) is 0 Å². The molecular formula is C13H11F2N3S2. The molecule has 3 nitrogen and oxygen atoms in total. The Kier molecular flexibility index (Phi) is 3.39. The van der Waals surface area contributed by atoms with E-state index in [1.54, 1.807) is 15.9 Å². The fourth-order valence-corrected chi connectivity index (χ4v) is 3.17. The molecule has 0 atom stereocenters. The van der Waals surface area contributed by atoms with Crippen LogP contribution in [-0.4, -0.2) is 14.5 Å². The second-order valence-electron chi connectivity index (χ2n) is 4.37. The van der Waals surface area contributed by atoms with Gasteiger partial charge in [-0.25, -0.2) is 13.8 Å². The first kappa shape index (κ1) is 13.4. The van der Waals surface area contributed by atoms with E-state index in [0.717, 1.165) is 17.5 Å². The zero-order valence-electron chi connectivity index (χ0n) is 10.6. The van der Waals surface area contributed by atoms with Gasteiger partial charge >= 0.3 is 0 Å². The number of H-pyrrole nitrogens is 1. The van der Waals surface area contributed by atoms with E-state index in [1.807, 2.05) is 6.20 Å². The fourth-order valence-electron chi connectivity index (χ4n) is 2.06. The van der Waals surface area contributed by atoms with Gasteiger partial charge in [0.25, 0.3) is 0 Å². The largest absolute Gasteiger partial charge is 0.328 e. The number of aromatic nitrogens is 3. The fraction of sp³-hybridized carbons (Fsp3) is 0.231. The molecule has 7 heteroatoms. The number of thiazole rings is 1. The summed E-state index contributed by atoms with van der Waals surface area (Å²) >= 11 is 6.76. The Labute approximate surface area is 122 Å². The van der Waals surface area contributed by atoms with E-state index in [0.29, 0.717) is 16.8 Å². The van der Waals surface area contributed by atoms with E-state index in [2.05, 4.69) is 16.9 Å². The molecular weight excluding hydrogens is 300 g/mol. The van der Waals surface area contributed by atoms with Gasteiger partial charge in [-0.1, -0.05) is 6.92 Å². The molecule has 2 aromatic heterocycles. The van der Waals surface area contributed by atoms with Crippen LogP contribution in [0.15, 0.2) is 18.3 Å². The minimum atomic E-state index is -0.641. The van der Waals surface area contributed by atoms with Crippen molar-refractivity contribution in [3.63, 3.8) is 0 Å². The summed E-state index contributed by atoms with van der Waals surface area (Å²) in [6.45, 7) is 2.46. The normalized spacial score (nSPS) is 11.3. The maximum Gasteiger partial charge on any atom is 0.178 e. The molecule has 104 valence electrons. The quantitative estimate of drug-likeness (QED) is 0.741. The number of fused-ring (bicyclic) bond motifs is 1. The van der Waals surface area contributed by atoms with E-state index in [-0.39, 0.29) is 5.52 Å². The Hall–Kier alpha value is -1.60.